The first kappa shape index (κ1) is 17.4. The molecule has 130 valence electrons. The summed E-state index contributed by atoms with van der Waals surface area (Å²) in [6, 6.07) is 15.2. The van der Waals surface area contributed by atoms with Crippen LogP contribution in [-0.2, 0) is 9.53 Å². The summed E-state index contributed by atoms with van der Waals surface area (Å²) >= 11 is 1.35. The van der Waals surface area contributed by atoms with Crippen molar-refractivity contribution in [2.24, 2.45) is 0 Å². The lowest BCUT2D eigenvalue weighted by Crippen LogP contribution is -2.43. The van der Waals surface area contributed by atoms with E-state index in [2.05, 4.69) is 17.4 Å². The summed E-state index contributed by atoms with van der Waals surface area (Å²) in [5.41, 5.74) is 4.54. The van der Waals surface area contributed by atoms with Crippen LogP contribution in [-0.4, -0.2) is 41.8 Å². The Morgan fingerprint density at radius 1 is 1.12 bits per heavy atom. The van der Waals surface area contributed by atoms with Crippen molar-refractivity contribution in [3.8, 4) is 11.1 Å². The minimum atomic E-state index is -1.07. The lowest BCUT2D eigenvalue weighted by molar-refractivity contribution is -0.138. The molecule has 0 aliphatic heterocycles. The molecular formula is C19H19NO4S. The molecule has 0 saturated carbocycles. The van der Waals surface area contributed by atoms with E-state index in [1.54, 1.807) is 6.26 Å². The maximum Gasteiger partial charge on any atom is 0.407 e. The third-order valence-corrected chi connectivity index (χ3v) is 4.93. The minimum Gasteiger partial charge on any atom is -0.480 e. The third kappa shape index (κ3) is 3.64. The number of fused-ring (bicyclic) bond motifs is 3. The minimum absolute atomic E-state index is 0.0398. The number of hydrogen-bond donors (Lipinski definition) is 2. The highest BCUT2D eigenvalue weighted by Gasteiger charge is 2.29. The van der Waals surface area contributed by atoms with Gasteiger partial charge in [0.2, 0.25) is 0 Å². The van der Waals surface area contributed by atoms with Crippen molar-refractivity contribution in [3.05, 3.63) is 59.7 Å². The van der Waals surface area contributed by atoms with Crippen molar-refractivity contribution in [3.63, 3.8) is 0 Å². The number of benzene rings is 2. The molecule has 25 heavy (non-hydrogen) atoms. The van der Waals surface area contributed by atoms with Crippen molar-refractivity contribution in [1.82, 2.24) is 5.32 Å². The average molecular weight is 357 g/mol. The zero-order valence-electron chi connectivity index (χ0n) is 13.8. The lowest BCUT2D eigenvalue weighted by Gasteiger charge is -2.17. The van der Waals surface area contributed by atoms with E-state index in [9.17, 15) is 9.59 Å². The molecule has 0 heterocycles. The van der Waals surface area contributed by atoms with E-state index in [0.29, 0.717) is 5.75 Å². The Bertz CT molecular complexity index is 747. The largest absolute Gasteiger partial charge is 0.480 e. The molecule has 0 fully saturated rings. The average Bonchev–Trinajstić information content (AvgIpc) is 2.93. The number of rotatable bonds is 6. The van der Waals surface area contributed by atoms with E-state index in [1.807, 2.05) is 36.4 Å². The van der Waals surface area contributed by atoms with Gasteiger partial charge in [-0.25, -0.2) is 9.59 Å². The van der Waals surface area contributed by atoms with Crippen LogP contribution >= 0.6 is 11.8 Å². The van der Waals surface area contributed by atoms with Crippen LogP contribution in [0.5, 0.6) is 0 Å². The third-order valence-electron chi connectivity index (χ3n) is 4.27. The van der Waals surface area contributed by atoms with Gasteiger partial charge in [0, 0.05) is 11.7 Å². The van der Waals surface area contributed by atoms with Gasteiger partial charge in [0.25, 0.3) is 0 Å². The van der Waals surface area contributed by atoms with E-state index in [1.165, 1.54) is 11.8 Å². The zero-order valence-corrected chi connectivity index (χ0v) is 14.6. The molecule has 0 saturated heterocycles. The van der Waals surface area contributed by atoms with Crippen molar-refractivity contribution in [2.45, 2.75) is 12.0 Å². The molecule has 1 amide bonds. The lowest BCUT2D eigenvalue weighted by atomic mass is 9.98. The predicted octanol–water partition coefficient (Wildman–Crippen LogP) is 3.34. The fourth-order valence-electron chi connectivity index (χ4n) is 3.12. The predicted molar refractivity (Wildman–Crippen MR) is 98.0 cm³/mol. The zero-order chi connectivity index (χ0) is 17.8. The van der Waals surface area contributed by atoms with Crippen LogP contribution in [0.4, 0.5) is 4.79 Å². The van der Waals surface area contributed by atoms with Gasteiger partial charge in [-0.15, -0.1) is 0 Å². The number of carbonyl (C=O) groups is 2. The molecule has 1 unspecified atom stereocenters. The van der Waals surface area contributed by atoms with Gasteiger partial charge in [0.05, 0.1) is 0 Å². The Hall–Kier alpha value is -2.47. The Balaban J connectivity index is 1.71. The molecule has 2 N–H and O–H groups in total. The Kier molecular flexibility index (Phi) is 5.28. The van der Waals surface area contributed by atoms with E-state index >= 15 is 0 Å². The normalized spacial score (nSPS) is 13.6. The highest BCUT2D eigenvalue weighted by Crippen LogP contribution is 2.44. The van der Waals surface area contributed by atoms with Crippen LogP contribution in [0, 0.1) is 0 Å². The SMILES string of the molecule is CSCC(NC(=O)OCC1c2ccccc2-c2ccccc21)C(=O)O. The second-order valence-electron chi connectivity index (χ2n) is 5.82. The highest BCUT2D eigenvalue weighted by molar-refractivity contribution is 7.98. The molecule has 2 aromatic carbocycles. The van der Waals surface area contributed by atoms with Crippen molar-refractivity contribution < 1.29 is 19.4 Å². The number of alkyl carbamates (subject to hydrolysis) is 1. The topological polar surface area (TPSA) is 75.6 Å². The number of ether oxygens (including phenoxy) is 1. The molecule has 0 aromatic heterocycles. The summed E-state index contributed by atoms with van der Waals surface area (Å²) in [6.45, 7) is 0.172. The molecule has 1 atom stereocenters. The van der Waals surface area contributed by atoms with Crippen LogP contribution < -0.4 is 5.32 Å². The van der Waals surface area contributed by atoms with Crippen molar-refractivity contribution in [2.75, 3.05) is 18.6 Å². The number of aliphatic carboxylic acids is 1. The van der Waals surface area contributed by atoms with Gasteiger partial charge in [-0.2, -0.15) is 11.8 Å². The molecule has 5 nitrogen and oxygen atoms in total. The second-order valence-corrected chi connectivity index (χ2v) is 6.73. The van der Waals surface area contributed by atoms with Crippen LogP contribution in [0.25, 0.3) is 11.1 Å². The van der Waals surface area contributed by atoms with E-state index in [0.717, 1.165) is 22.3 Å². The Morgan fingerprint density at radius 3 is 2.20 bits per heavy atom. The molecule has 1 aliphatic rings. The number of hydrogen-bond acceptors (Lipinski definition) is 4. The Morgan fingerprint density at radius 2 is 1.68 bits per heavy atom. The molecule has 1 aliphatic carbocycles. The van der Waals surface area contributed by atoms with Crippen LogP contribution in [0.3, 0.4) is 0 Å². The summed E-state index contributed by atoms with van der Waals surface area (Å²) in [6.07, 6.45) is 1.08. The van der Waals surface area contributed by atoms with Gasteiger partial charge in [-0.3, -0.25) is 0 Å². The smallest absolute Gasteiger partial charge is 0.407 e. The van der Waals surface area contributed by atoms with Gasteiger partial charge >= 0.3 is 12.1 Å². The molecule has 0 spiro atoms. The summed E-state index contributed by atoms with van der Waals surface area (Å²) in [5, 5.41) is 11.5. The highest BCUT2D eigenvalue weighted by atomic mass is 32.2. The van der Waals surface area contributed by atoms with Crippen LogP contribution in [0.15, 0.2) is 48.5 Å². The monoisotopic (exact) mass is 357 g/mol. The van der Waals surface area contributed by atoms with Crippen molar-refractivity contribution >= 4 is 23.8 Å². The summed E-state index contributed by atoms with van der Waals surface area (Å²) in [7, 11) is 0. The molecule has 6 heteroatoms. The van der Waals surface area contributed by atoms with Crippen molar-refractivity contribution in [1.29, 1.82) is 0 Å². The van der Waals surface area contributed by atoms with Gasteiger partial charge in [0.15, 0.2) is 0 Å². The summed E-state index contributed by atoms with van der Waals surface area (Å²) < 4.78 is 5.34. The van der Waals surface area contributed by atoms with E-state index < -0.39 is 18.1 Å². The number of nitrogens with one attached hydrogen (secondary N) is 1. The molecular weight excluding hydrogens is 338 g/mol. The fourth-order valence-corrected chi connectivity index (χ4v) is 3.68. The van der Waals surface area contributed by atoms with E-state index in [4.69, 9.17) is 9.84 Å². The quantitative estimate of drug-likeness (QED) is 0.829. The number of carbonyl (C=O) groups excluding carboxylic acids is 1. The number of carboxylic acid groups (broad SMARTS) is 1. The van der Waals surface area contributed by atoms with Gasteiger partial charge in [-0.1, -0.05) is 48.5 Å². The van der Waals surface area contributed by atoms with Gasteiger partial charge < -0.3 is 15.2 Å². The molecule has 3 rings (SSSR count). The first-order valence-electron chi connectivity index (χ1n) is 7.95. The van der Waals surface area contributed by atoms with Gasteiger partial charge in [0.1, 0.15) is 12.6 Å². The number of carboxylic acids is 1. The summed E-state index contributed by atoms with van der Waals surface area (Å²) in [5.74, 6) is -0.815. The number of thioether (sulfide) groups is 1. The molecule has 0 bridgehead atoms. The Labute approximate surface area is 150 Å². The second kappa shape index (κ2) is 7.61. The standard InChI is InChI=1S/C19H19NO4S/c1-25-11-17(18(21)22)20-19(23)24-10-16-14-8-4-2-6-12(14)13-7-3-5-9-15(13)16/h2-9,16-17H,10-11H2,1H3,(H,20,23)(H,21,22). The molecule has 2 aromatic rings. The van der Waals surface area contributed by atoms with Gasteiger partial charge in [-0.05, 0) is 28.5 Å². The first-order chi connectivity index (χ1) is 12.1. The van der Waals surface area contributed by atoms with Crippen LogP contribution in [0.2, 0.25) is 0 Å². The maximum absolute atomic E-state index is 12.0. The maximum atomic E-state index is 12.0. The van der Waals surface area contributed by atoms with E-state index in [-0.39, 0.29) is 12.5 Å². The number of amides is 1. The molecule has 0 radical (unpaired) electrons. The fraction of sp³-hybridized carbons (Fsp3) is 0.263. The van der Waals surface area contributed by atoms with Crippen LogP contribution in [0.1, 0.15) is 17.0 Å². The first-order valence-corrected chi connectivity index (χ1v) is 9.34. The summed E-state index contributed by atoms with van der Waals surface area (Å²) in [4.78, 5) is 23.1.